The van der Waals surface area contributed by atoms with Crippen molar-refractivity contribution in [1.29, 1.82) is 0 Å². The van der Waals surface area contributed by atoms with Crippen LogP contribution in [-0.4, -0.2) is 37.0 Å². The van der Waals surface area contributed by atoms with Gasteiger partial charge in [0.2, 0.25) is 0 Å². The Balaban J connectivity index is 2.04. The van der Waals surface area contributed by atoms with E-state index >= 15 is 0 Å². The highest BCUT2D eigenvalue weighted by Gasteiger charge is 2.31. The van der Waals surface area contributed by atoms with Crippen LogP contribution in [0.2, 0.25) is 0 Å². The average molecular weight is 290 g/mol. The van der Waals surface area contributed by atoms with Gasteiger partial charge in [-0.05, 0) is 52.3 Å². The normalized spacial score (nSPS) is 15.6. The van der Waals surface area contributed by atoms with E-state index in [1.807, 2.05) is 31.9 Å². The fourth-order valence-corrected chi connectivity index (χ4v) is 2.53. The van der Waals surface area contributed by atoms with Crippen LogP contribution in [0.5, 0.6) is 5.75 Å². The minimum atomic E-state index is 0.0876. The van der Waals surface area contributed by atoms with Crippen molar-refractivity contribution in [3.05, 3.63) is 29.3 Å². The summed E-state index contributed by atoms with van der Waals surface area (Å²) in [5, 5.41) is 3.22. The third-order valence-corrected chi connectivity index (χ3v) is 4.07. The maximum atomic E-state index is 12.2. The summed E-state index contributed by atoms with van der Waals surface area (Å²) in [4.78, 5) is 14.2. The van der Waals surface area contributed by atoms with E-state index in [0.29, 0.717) is 6.04 Å². The first-order valence-corrected chi connectivity index (χ1v) is 7.76. The summed E-state index contributed by atoms with van der Waals surface area (Å²) in [6.45, 7) is 7.03. The summed E-state index contributed by atoms with van der Waals surface area (Å²) < 4.78 is 5.83. The summed E-state index contributed by atoms with van der Waals surface area (Å²) in [5.74, 6) is 0.890. The Morgan fingerprint density at radius 2 is 2.19 bits per heavy atom. The summed E-state index contributed by atoms with van der Waals surface area (Å²) in [7, 11) is 1.92. The summed E-state index contributed by atoms with van der Waals surface area (Å²) in [5.41, 5.74) is 2.23. The van der Waals surface area contributed by atoms with E-state index in [-0.39, 0.29) is 18.6 Å². The third-order valence-electron chi connectivity index (χ3n) is 4.07. The van der Waals surface area contributed by atoms with Crippen molar-refractivity contribution in [2.75, 3.05) is 20.2 Å². The van der Waals surface area contributed by atoms with Crippen LogP contribution in [0.15, 0.2) is 18.2 Å². The number of carbonyl (C=O) groups is 1. The lowest BCUT2D eigenvalue weighted by Gasteiger charge is -2.22. The second-order valence-corrected chi connectivity index (χ2v) is 5.75. The van der Waals surface area contributed by atoms with Crippen LogP contribution in [0.4, 0.5) is 0 Å². The molecule has 0 heterocycles. The van der Waals surface area contributed by atoms with Crippen molar-refractivity contribution >= 4 is 5.91 Å². The fraction of sp³-hybridized carbons (Fsp3) is 0.588. The SMILES string of the molecule is CCN(C(=O)COc1cc(C)ccc1C(C)NC)C1CC1. The molecule has 1 saturated carbocycles. The topological polar surface area (TPSA) is 41.6 Å². The molecule has 4 nitrogen and oxygen atoms in total. The Bertz CT molecular complexity index is 498. The molecular weight excluding hydrogens is 264 g/mol. The molecule has 116 valence electrons. The molecule has 1 unspecified atom stereocenters. The molecule has 1 aliphatic rings. The van der Waals surface area contributed by atoms with Crippen molar-refractivity contribution in [3.63, 3.8) is 0 Å². The predicted molar refractivity (Wildman–Crippen MR) is 84.6 cm³/mol. The lowest BCUT2D eigenvalue weighted by atomic mass is 10.1. The number of hydrogen-bond acceptors (Lipinski definition) is 3. The zero-order valence-corrected chi connectivity index (χ0v) is 13.5. The van der Waals surface area contributed by atoms with Gasteiger partial charge in [-0.1, -0.05) is 12.1 Å². The van der Waals surface area contributed by atoms with Crippen LogP contribution in [0.25, 0.3) is 0 Å². The lowest BCUT2D eigenvalue weighted by molar-refractivity contribution is -0.133. The molecule has 1 amide bonds. The van der Waals surface area contributed by atoms with Gasteiger partial charge >= 0.3 is 0 Å². The first-order valence-electron chi connectivity index (χ1n) is 7.76. The van der Waals surface area contributed by atoms with Crippen LogP contribution in [0.1, 0.15) is 43.9 Å². The summed E-state index contributed by atoms with van der Waals surface area (Å²) >= 11 is 0. The van der Waals surface area contributed by atoms with Crippen molar-refractivity contribution in [1.82, 2.24) is 10.2 Å². The van der Waals surface area contributed by atoms with Crippen LogP contribution < -0.4 is 10.1 Å². The van der Waals surface area contributed by atoms with Gasteiger partial charge in [0, 0.05) is 24.2 Å². The minimum absolute atomic E-state index is 0.0876. The second-order valence-electron chi connectivity index (χ2n) is 5.75. The molecule has 21 heavy (non-hydrogen) atoms. The van der Waals surface area contributed by atoms with Gasteiger partial charge in [-0.25, -0.2) is 0 Å². The molecule has 1 aliphatic carbocycles. The Hall–Kier alpha value is -1.55. The lowest BCUT2D eigenvalue weighted by Crippen LogP contribution is -2.36. The molecule has 1 fully saturated rings. The van der Waals surface area contributed by atoms with Gasteiger partial charge in [-0.2, -0.15) is 0 Å². The zero-order chi connectivity index (χ0) is 15.4. The van der Waals surface area contributed by atoms with Gasteiger partial charge < -0.3 is 15.0 Å². The largest absolute Gasteiger partial charge is 0.483 e. The quantitative estimate of drug-likeness (QED) is 0.839. The van der Waals surface area contributed by atoms with Crippen molar-refractivity contribution in [2.24, 2.45) is 0 Å². The molecule has 0 saturated heterocycles. The summed E-state index contributed by atoms with van der Waals surface area (Å²) in [6, 6.07) is 6.78. The number of hydrogen-bond donors (Lipinski definition) is 1. The number of benzene rings is 1. The molecule has 0 aliphatic heterocycles. The predicted octanol–water partition coefficient (Wildman–Crippen LogP) is 2.67. The molecule has 0 spiro atoms. The van der Waals surface area contributed by atoms with Crippen molar-refractivity contribution in [3.8, 4) is 5.75 Å². The van der Waals surface area contributed by atoms with Crippen molar-refractivity contribution < 1.29 is 9.53 Å². The van der Waals surface area contributed by atoms with Gasteiger partial charge in [0.1, 0.15) is 5.75 Å². The van der Waals surface area contributed by atoms with E-state index in [0.717, 1.165) is 36.3 Å². The molecule has 0 radical (unpaired) electrons. The number of ether oxygens (including phenoxy) is 1. The zero-order valence-electron chi connectivity index (χ0n) is 13.5. The van der Waals surface area contributed by atoms with E-state index in [1.165, 1.54) is 0 Å². The van der Waals surface area contributed by atoms with Gasteiger partial charge in [0.25, 0.3) is 5.91 Å². The van der Waals surface area contributed by atoms with Crippen LogP contribution in [-0.2, 0) is 4.79 Å². The minimum Gasteiger partial charge on any atom is -0.483 e. The third kappa shape index (κ3) is 3.97. The fourth-order valence-electron chi connectivity index (χ4n) is 2.53. The van der Waals surface area contributed by atoms with Gasteiger partial charge in [0.05, 0.1) is 0 Å². The highest BCUT2D eigenvalue weighted by atomic mass is 16.5. The standard InChI is InChI=1S/C17H26N2O2/c1-5-19(14-7-8-14)17(20)11-21-16-10-12(2)6-9-15(16)13(3)18-4/h6,9-10,13-14,18H,5,7-8,11H2,1-4H3. The Labute approximate surface area is 127 Å². The van der Waals surface area contributed by atoms with E-state index in [1.54, 1.807) is 0 Å². The molecule has 2 rings (SSSR count). The second kappa shape index (κ2) is 6.94. The van der Waals surface area contributed by atoms with Gasteiger partial charge in [0.15, 0.2) is 6.61 Å². The van der Waals surface area contributed by atoms with Gasteiger partial charge in [-0.15, -0.1) is 0 Å². The summed E-state index contributed by atoms with van der Waals surface area (Å²) in [6.07, 6.45) is 2.26. The van der Waals surface area contributed by atoms with E-state index in [4.69, 9.17) is 4.74 Å². The number of rotatable bonds is 7. The average Bonchev–Trinajstić information content (AvgIpc) is 3.30. The van der Waals surface area contributed by atoms with E-state index in [2.05, 4.69) is 24.4 Å². The van der Waals surface area contributed by atoms with E-state index < -0.39 is 0 Å². The van der Waals surface area contributed by atoms with Gasteiger partial charge in [-0.3, -0.25) is 4.79 Å². The first kappa shape index (κ1) is 15.8. The molecule has 1 aromatic carbocycles. The Morgan fingerprint density at radius 1 is 1.48 bits per heavy atom. The molecule has 1 aromatic rings. The van der Waals surface area contributed by atoms with Crippen molar-refractivity contribution in [2.45, 2.75) is 45.7 Å². The molecular formula is C17H26N2O2. The molecule has 0 bridgehead atoms. The first-order chi connectivity index (χ1) is 10.1. The van der Waals surface area contributed by atoms with Crippen LogP contribution >= 0.6 is 0 Å². The molecule has 1 N–H and O–H groups in total. The number of likely N-dealkylation sites (N-methyl/N-ethyl adjacent to an activating group) is 1. The maximum absolute atomic E-state index is 12.2. The number of nitrogens with one attached hydrogen (secondary N) is 1. The number of nitrogens with zero attached hydrogens (tertiary/aromatic N) is 1. The monoisotopic (exact) mass is 290 g/mol. The van der Waals surface area contributed by atoms with Crippen LogP contribution in [0, 0.1) is 6.92 Å². The highest BCUT2D eigenvalue weighted by molar-refractivity contribution is 5.78. The molecule has 4 heteroatoms. The number of amides is 1. The maximum Gasteiger partial charge on any atom is 0.260 e. The Morgan fingerprint density at radius 3 is 2.76 bits per heavy atom. The highest BCUT2D eigenvalue weighted by Crippen LogP contribution is 2.28. The molecule has 1 atom stereocenters. The smallest absolute Gasteiger partial charge is 0.260 e. The Kier molecular flexibility index (Phi) is 5.23. The molecule has 0 aromatic heterocycles. The number of carbonyl (C=O) groups excluding carboxylic acids is 1. The van der Waals surface area contributed by atoms with E-state index in [9.17, 15) is 4.79 Å². The van der Waals surface area contributed by atoms with Crippen LogP contribution in [0.3, 0.4) is 0 Å². The number of aryl methyl sites for hydroxylation is 1.